The van der Waals surface area contributed by atoms with Crippen LogP contribution in [-0.2, 0) is 14.6 Å². The zero-order valence-electron chi connectivity index (χ0n) is 14.2. The summed E-state index contributed by atoms with van der Waals surface area (Å²) in [7, 11) is -3.30. The molecule has 0 aliphatic heterocycles. The van der Waals surface area contributed by atoms with Gasteiger partial charge in [-0.05, 0) is 49.7 Å². The summed E-state index contributed by atoms with van der Waals surface area (Å²) in [6, 6.07) is 7.45. The van der Waals surface area contributed by atoms with E-state index in [2.05, 4.69) is 5.32 Å². The third-order valence-electron chi connectivity index (χ3n) is 3.47. The van der Waals surface area contributed by atoms with E-state index in [4.69, 9.17) is 4.74 Å². The summed E-state index contributed by atoms with van der Waals surface area (Å²) in [5.41, 5.74) is 1.06. The zero-order chi connectivity index (χ0) is 18.6. The van der Waals surface area contributed by atoms with Crippen molar-refractivity contribution < 1.29 is 22.7 Å². The molecule has 2 aromatic rings. The van der Waals surface area contributed by atoms with Crippen molar-refractivity contribution in [3.05, 3.63) is 46.3 Å². The lowest BCUT2D eigenvalue weighted by Crippen LogP contribution is -2.11. The number of carbonyl (C=O) groups is 2. The van der Waals surface area contributed by atoms with Gasteiger partial charge in [-0.1, -0.05) is 6.92 Å². The van der Waals surface area contributed by atoms with Gasteiger partial charge >= 0.3 is 5.97 Å². The molecule has 134 valence electrons. The van der Waals surface area contributed by atoms with E-state index in [1.54, 1.807) is 26.8 Å². The average Bonchev–Trinajstić information content (AvgIpc) is 2.95. The summed E-state index contributed by atoms with van der Waals surface area (Å²) >= 11 is 1.14. The third-order valence-corrected chi connectivity index (χ3v) is 6.35. The highest BCUT2D eigenvalue weighted by Gasteiger charge is 2.17. The summed E-state index contributed by atoms with van der Waals surface area (Å²) in [6.07, 6.45) is 0. The molecule has 2 rings (SSSR count). The van der Waals surface area contributed by atoms with Gasteiger partial charge in [0.25, 0.3) is 5.91 Å². The van der Waals surface area contributed by atoms with Crippen molar-refractivity contribution in [1.82, 2.24) is 0 Å². The van der Waals surface area contributed by atoms with Gasteiger partial charge in [0.1, 0.15) is 4.88 Å². The maximum absolute atomic E-state index is 12.3. The number of sulfone groups is 1. The predicted molar refractivity (Wildman–Crippen MR) is 97.1 cm³/mol. The number of esters is 1. The fourth-order valence-corrected chi connectivity index (χ4v) is 3.95. The third kappa shape index (κ3) is 4.46. The lowest BCUT2D eigenvalue weighted by atomic mass is 10.2. The average molecular weight is 381 g/mol. The van der Waals surface area contributed by atoms with Gasteiger partial charge in [0.2, 0.25) is 0 Å². The Hall–Kier alpha value is -2.19. The Morgan fingerprint density at radius 1 is 1.16 bits per heavy atom. The van der Waals surface area contributed by atoms with Crippen molar-refractivity contribution in [2.24, 2.45) is 0 Å². The molecular formula is C17H19NO5S2. The molecule has 1 aromatic heterocycles. The molecule has 0 aliphatic carbocycles. The molecule has 8 heteroatoms. The van der Waals surface area contributed by atoms with Crippen LogP contribution >= 0.6 is 11.3 Å². The molecule has 1 N–H and O–H groups in total. The molecule has 0 aliphatic rings. The molecule has 1 aromatic carbocycles. The Morgan fingerprint density at radius 2 is 1.80 bits per heavy atom. The van der Waals surface area contributed by atoms with Gasteiger partial charge in [0.15, 0.2) is 9.84 Å². The van der Waals surface area contributed by atoms with Crippen LogP contribution in [0.3, 0.4) is 0 Å². The van der Waals surface area contributed by atoms with E-state index in [1.807, 2.05) is 0 Å². The van der Waals surface area contributed by atoms with Crippen molar-refractivity contribution in [1.29, 1.82) is 0 Å². The summed E-state index contributed by atoms with van der Waals surface area (Å²) in [5, 5.41) is 3.23. The van der Waals surface area contributed by atoms with E-state index in [0.717, 1.165) is 16.9 Å². The minimum Gasteiger partial charge on any atom is -0.462 e. The number of hydrogen-bond acceptors (Lipinski definition) is 6. The molecule has 1 amide bonds. The predicted octanol–water partition coefficient (Wildman–Crippen LogP) is 3.28. The number of thiophene rings is 1. The lowest BCUT2D eigenvalue weighted by Gasteiger charge is -2.05. The van der Waals surface area contributed by atoms with E-state index < -0.39 is 15.8 Å². The van der Waals surface area contributed by atoms with Crippen molar-refractivity contribution in [2.75, 3.05) is 17.7 Å². The number of ether oxygens (including phenoxy) is 1. The fourth-order valence-electron chi connectivity index (χ4n) is 2.11. The van der Waals surface area contributed by atoms with Gasteiger partial charge in [-0.15, -0.1) is 11.3 Å². The SMILES string of the molecule is CCOC(=O)c1sc(NC(=O)c2ccc(S(=O)(=O)CC)cc2)cc1C. The Labute approximate surface area is 150 Å². The molecule has 0 atom stereocenters. The van der Waals surface area contributed by atoms with Crippen molar-refractivity contribution in [3.63, 3.8) is 0 Å². The first-order valence-corrected chi connectivity index (χ1v) is 10.2. The number of amides is 1. The van der Waals surface area contributed by atoms with Crippen LogP contribution in [0.5, 0.6) is 0 Å². The van der Waals surface area contributed by atoms with Crippen LogP contribution in [0.2, 0.25) is 0 Å². The van der Waals surface area contributed by atoms with Gasteiger partial charge in [-0.3, -0.25) is 4.79 Å². The van der Waals surface area contributed by atoms with Gasteiger partial charge in [0.05, 0.1) is 22.3 Å². The molecule has 6 nitrogen and oxygen atoms in total. The largest absolute Gasteiger partial charge is 0.462 e. The Kier molecular flexibility index (Phi) is 5.97. The highest BCUT2D eigenvalue weighted by molar-refractivity contribution is 7.91. The van der Waals surface area contributed by atoms with Crippen LogP contribution < -0.4 is 5.32 Å². The first-order valence-electron chi connectivity index (χ1n) is 7.70. The normalized spacial score (nSPS) is 11.2. The molecule has 1 heterocycles. The molecule has 0 fully saturated rings. The first kappa shape index (κ1) is 19.1. The minimum absolute atomic E-state index is 0.00362. The maximum Gasteiger partial charge on any atom is 0.348 e. The molecule has 0 saturated heterocycles. The number of nitrogens with one attached hydrogen (secondary N) is 1. The summed E-state index contributed by atoms with van der Waals surface area (Å²) in [6.45, 7) is 5.34. The van der Waals surface area contributed by atoms with E-state index >= 15 is 0 Å². The van der Waals surface area contributed by atoms with Gasteiger partial charge in [0, 0.05) is 5.56 Å². The van der Waals surface area contributed by atoms with Gasteiger partial charge < -0.3 is 10.1 Å². The summed E-state index contributed by atoms with van der Waals surface area (Å²) in [4.78, 5) is 24.7. The van der Waals surface area contributed by atoms with Crippen LogP contribution in [0, 0.1) is 6.92 Å². The van der Waals surface area contributed by atoms with E-state index in [9.17, 15) is 18.0 Å². The highest BCUT2D eigenvalue weighted by atomic mass is 32.2. The van der Waals surface area contributed by atoms with Crippen LogP contribution in [0.25, 0.3) is 0 Å². The standard InChI is InChI=1S/C17H19NO5S2/c1-4-23-17(20)15-11(3)10-14(24-15)18-16(19)12-6-8-13(9-7-12)25(21,22)5-2/h6-10H,4-5H2,1-3H3,(H,18,19). The first-order chi connectivity index (χ1) is 11.8. The second kappa shape index (κ2) is 7.79. The van der Waals surface area contributed by atoms with E-state index in [0.29, 0.717) is 15.4 Å². The number of benzene rings is 1. The van der Waals surface area contributed by atoms with Gasteiger partial charge in [-0.25, -0.2) is 13.2 Å². The zero-order valence-corrected chi connectivity index (χ0v) is 15.8. The number of aryl methyl sites for hydroxylation is 1. The Bertz CT molecular complexity index is 882. The van der Waals surface area contributed by atoms with Crippen molar-refractivity contribution >= 4 is 38.1 Å². The minimum atomic E-state index is -3.30. The van der Waals surface area contributed by atoms with Crippen LogP contribution in [0.1, 0.15) is 39.4 Å². The molecule has 0 spiro atoms. The quantitative estimate of drug-likeness (QED) is 0.776. The number of rotatable bonds is 6. The van der Waals surface area contributed by atoms with Crippen molar-refractivity contribution in [3.8, 4) is 0 Å². The van der Waals surface area contributed by atoms with Crippen LogP contribution in [0.15, 0.2) is 35.2 Å². The highest BCUT2D eigenvalue weighted by Crippen LogP contribution is 2.28. The van der Waals surface area contributed by atoms with Crippen LogP contribution in [-0.4, -0.2) is 32.7 Å². The van der Waals surface area contributed by atoms with Crippen LogP contribution in [0.4, 0.5) is 5.00 Å². The second-order valence-corrected chi connectivity index (χ2v) is 8.56. The maximum atomic E-state index is 12.3. The monoisotopic (exact) mass is 381 g/mol. The lowest BCUT2D eigenvalue weighted by molar-refractivity contribution is 0.0531. The smallest absolute Gasteiger partial charge is 0.348 e. The topological polar surface area (TPSA) is 89.5 Å². The molecular weight excluding hydrogens is 362 g/mol. The van der Waals surface area contributed by atoms with E-state index in [-0.39, 0.29) is 23.2 Å². The number of carbonyl (C=O) groups excluding carboxylic acids is 2. The molecule has 0 unspecified atom stereocenters. The van der Waals surface area contributed by atoms with E-state index in [1.165, 1.54) is 24.3 Å². The number of hydrogen-bond donors (Lipinski definition) is 1. The fraction of sp³-hybridized carbons (Fsp3) is 0.294. The Morgan fingerprint density at radius 3 is 2.36 bits per heavy atom. The summed E-state index contributed by atoms with van der Waals surface area (Å²) in [5.74, 6) is -0.791. The van der Waals surface area contributed by atoms with Crippen molar-refractivity contribution in [2.45, 2.75) is 25.7 Å². The molecule has 0 bridgehead atoms. The van der Waals surface area contributed by atoms with Gasteiger partial charge in [-0.2, -0.15) is 0 Å². The molecule has 0 radical (unpaired) electrons. The second-order valence-electron chi connectivity index (χ2n) is 5.23. The number of anilines is 1. The molecule has 25 heavy (non-hydrogen) atoms. The summed E-state index contributed by atoms with van der Waals surface area (Å²) < 4.78 is 28.5. The molecule has 0 saturated carbocycles. The Balaban J connectivity index is 2.15.